The maximum atomic E-state index is 13.7. The molecular weight excluding hydrogens is 464 g/mol. The van der Waals surface area contributed by atoms with E-state index < -0.39 is 46.4 Å². The van der Waals surface area contributed by atoms with E-state index in [1.807, 2.05) is 0 Å². The smallest absolute Gasteiger partial charge is 0.270 e. The van der Waals surface area contributed by atoms with Crippen LogP contribution in [0.4, 0.5) is 11.4 Å². The highest BCUT2D eigenvalue weighted by Gasteiger charge is 2.64. The van der Waals surface area contributed by atoms with Crippen molar-refractivity contribution < 1.29 is 24.0 Å². The van der Waals surface area contributed by atoms with Crippen LogP contribution in [0.1, 0.15) is 30.1 Å². The predicted molar refractivity (Wildman–Crippen MR) is 131 cm³/mol. The first-order chi connectivity index (χ1) is 17.4. The van der Waals surface area contributed by atoms with E-state index in [1.165, 1.54) is 35.5 Å². The molecule has 0 unspecified atom stereocenters. The molecule has 0 aromatic heterocycles. The second-order valence-corrected chi connectivity index (χ2v) is 8.90. The largest absolute Gasteiger partial charge is 0.494 e. The van der Waals surface area contributed by atoms with Crippen molar-refractivity contribution in [1.29, 1.82) is 0 Å². The molecular formula is C26H24N4O6. The zero-order valence-electron chi connectivity index (χ0n) is 19.5. The highest BCUT2D eigenvalue weighted by atomic mass is 16.6. The van der Waals surface area contributed by atoms with Gasteiger partial charge in [-0.1, -0.05) is 31.6 Å². The fourth-order valence-electron chi connectivity index (χ4n) is 5.06. The minimum atomic E-state index is -1.07. The van der Waals surface area contributed by atoms with E-state index in [0.717, 1.165) is 17.7 Å². The van der Waals surface area contributed by atoms with Gasteiger partial charge in [-0.15, -0.1) is 0 Å². The molecule has 2 saturated heterocycles. The molecule has 2 amide bonds. The van der Waals surface area contributed by atoms with Crippen molar-refractivity contribution >= 4 is 35.2 Å². The van der Waals surface area contributed by atoms with Gasteiger partial charge >= 0.3 is 0 Å². The number of nitro benzene ring substituents is 1. The second-order valence-electron chi connectivity index (χ2n) is 8.90. The van der Waals surface area contributed by atoms with Crippen molar-refractivity contribution in [3.63, 3.8) is 0 Å². The van der Waals surface area contributed by atoms with Crippen LogP contribution in [0.25, 0.3) is 0 Å². The Morgan fingerprint density at radius 2 is 1.86 bits per heavy atom. The van der Waals surface area contributed by atoms with Crippen molar-refractivity contribution in [2.75, 3.05) is 11.5 Å². The van der Waals surface area contributed by atoms with E-state index in [4.69, 9.17) is 4.74 Å². The molecule has 3 aliphatic rings. The van der Waals surface area contributed by atoms with Gasteiger partial charge in [0.25, 0.3) is 5.69 Å². The Hall–Kier alpha value is -4.34. The molecule has 184 valence electrons. The zero-order chi connectivity index (χ0) is 25.4. The molecule has 2 aromatic rings. The lowest BCUT2D eigenvalue weighted by atomic mass is 9.86. The van der Waals surface area contributed by atoms with Gasteiger partial charge in [0, 0.05) is 23.9 Å². The average molecular weight is 489 g/mol. The Balaban J connectivity index is 1.47. The van der Waals surface area contributed by atoms with Crippen LogP contribution in [-0.4, -0.2) is 52.4 Å². The maximum Gasteiger partial charge on any atom is 0.270 e. The fraction of sp³-hybridized carbons (Fsp3) is 0.308. The molecule has 3 heterocycles. The lowest BCUT2D eigenvalue weighted by Gasteiger charge is -2.30. The summed E-state index contributed by atoms with van der Waals surface area (Å²) in [6, 6.07) is 10.5. The van der Waals surface area contributed by atoms with Crippen molar-refractivity contribution in [3.8, 4) is 5.75 Å². The van der Waals surface area contributed by atoms with Gasteiger partial charge in [-0.2, -0.15) is 5.10 Å². The number of ether oxygens (including phenoxy) is 1. The summed E-state index contributed by atoms with van der Waals surface area (Å²) < 4.78 is 5.67. The first-order valence-electron chi connectivity index (χ1n) is 11.8. The summed E-state index contributed by atoms with van der Waals surface area (Å²) in [6.45, 7) is 2.65. The van der Waals surface area contributed by atoms with Gasteiger partial charge in [0.05, 0.1) is 35.1 Å². The van der Waals surface area contributed by atoms with Crippen LogP contribution in [0.3, 0.4) is 0 Å². The van der Waals surface area contributed by atoms with Crippen LogP contribution in [0.15, 0.2) is 65.8 Å². The predicted octanol–water partition coefficient (Wildman–Crippen LogP) is 3.37. The number of benzene rings is 2. The normalized spacial score (nSPS) is 24.1. The van der Waals surface area contributed by atoms with Crippen LogP contribution in [0.2, 0.25) is 0 Å². The number of hydrogen-bond acceptors (Lipinski definition) is 8. The topological polar surface area (TPSA) is 122 Å². The number of anilines is 1. The Labute approximate surface area is 207 Å². The highest BCUT2D eigenvalue weighted by molar-refractivity contribution is 6.24. The standard InChI is InChI=1S/C26H24N4O6/c1-2-3-14-36-19-11-9-17(10-12-19)28-25(32)21-20-8-5-13-27-29(20)23(22(21)26(28)33)24(31)16-6-4-7-18(15-16)30(34)35/h4-13,15,20-23H,2-3,14H2,1H3/t20-,21+,22+,23+/m1/s1. The number of ketones is 1. The number of Topliss-reactive ketones (excluding diaryl/α,β-unsaturated/α-hetero) is 1. The molecule has 4 atom stereocenters. The Morgan fingerprint density at radius 1 is 1.11 bits per heavy atom. The number of rotatable bonds is 8. The molecule has 0 radical (unpaired) electrons. The lowest BCUT2D eigenvalue weighted by Crippen LogP contribution is -2.46. The molecule has 2 aromatic carbocycles. The Bertz CT molecular complexity index is 1290. The Morgan fingerprint density at radius 3 is 2.58 bits per heavy atom. The second kappa shape index (κ2) is 9.37. The van der Waals surface area contributed by atoms with Gasteiger partial charge in [-0.3, -0.25) is 29.5 Å². The number of amides is 2. The SMILES string of the molecule is CCCCOc1ccc(N2C(=O)[C@@H]3[C@H](C2=O)[C@@H](C(=O)c2cccc([N+](=O)[O-])c2)N2N=CC=C[C@H]32)cc1. The van der Waals surface area contributed by atoms with Crippen LogP contribution in [-0.2, 0) is 9.59 Å². The van der Waals surface area contributed by atoms with E-state index in [2.05, 4.69) is 12.0 Å². The summed E-state index contributed by atoms with van der Waals surface area (Å²) in [7, 11) is 0. The van der Waals surface area contributed by atoms with Gasteiger partial charge < -0.3 is 4.74 Å². The van der Waals surface area contributed by atoms with E-state index in [0.29, 0.717) is 18.0 Å². The quantitative estimate of drug-likeness (QED) is 0.184. The van der Waals surface area contributed by atoms with Gasteiger partial charge in [0.1, 0.15) is 11.8 Å². The van der Waals surface area contributed by atoms with E-state index in [-0.39, 0.29) is 11.3 Å². The van der Waals surface area contributed by atoms with E-state index in [1.54, 1.807) is 36.4 Å². The first-order valence-corrected chi connectivity index (χ1v) is 11.8. The van der Waals surface area contributed by atoms with Crippen molar-refractivity contribution in [2.24, 2.45) is 16.9 Å². The zero-order valence-corrected chi connectivity index (χ0v) is 19.5. The summed E-state index contributed by atoms with van der Waals surface area (Å²) >= 11 is 0. The molecule has 0 bridgehead atoms. The van der Waals surface area contributed by atoms with Crippen LogP contribution in [0.5, 0.6) is 5.75 Å². The number of nitro groups is 1. The summed E-state index contributed by atoms with van der Waals surface area (Å²) in [5.74, 6) is -2.54. The summed E-state index contributed by atoms with van der Waals surface area (Å²) in [5.41, 5.74) is 0.259. The minimum absolute atomic E-state index is 0.0885. The molecule has 36 heavy (non-hydrogen) atoms. The summed E-state index contributed by atoms with van der Waals surface area (Å²) in [5, 5.41) is 17.0. The number of allylic oxidation sites excluding steroid dienone is 1. The summed E-state index contributed by atoms with van der Waals surface area (Å²) in [4.78, 5) is 52.6. The third-order valence-corrected chi connectivity index (χ3v) is 6.76. The number of nitrogens with zero attached hydrogens (tertiary/aromatic N) is 4. The number of hydrogen-bond donors (Lipinski definition) is 0. The minimum Gasteiger partial charge on any atom is -0.494 e. The van der Waals surface area contributed by atoms with Crippen molar-refractivity contribution in [2.45, 2.75) is 31.8 Å². The number of unbranched alkanes of at least 4 members (excludes halogenated alkanes) is 1. The molecule has 3 aliphatic heterocycles. The van der Waals surface area contributed by atoms with Gasteiger partial charge in [0.15, 0.2) is 5.78 Å². The molecule has 10 nitrogen and oxygen atoms in total. The first kappa shape index (κ1) is 23.4. The monoisotopic (exact) mass is 488 g/mol. The number of imide groups is 1. The maximum absolute atomic E-state index is 13.7. The van der Waals surface area contributed by atoms with Crippen LogP contribution >= 0.6 is 0 Å². The molecule has 0 spiro atoms. The Kier molecular flexibility index (Phi) is 6.09. The molecule has 0 N–H and O–H groups in total. The number of hydrazone groups is 1. The highest BCUT2D eigenvalue weighted by Crippen LogP contribution is 2.46. The van der Waals surface area contributed by atoms with E-state index in [9.17, 15) is 24.5 Å². The van der Waals surface area contributed by atoms with Crippen molar-refractivity contribution in [1.82, 2.24) is 5.01 Å². The van der Waals surface area contributed by atoms with Crippen molar-refractivity contribution in [3.05, 3.63) is 76.4 Å². The molecule has 5 rings (SSSR count). The summed E-state index contributed by atoms with van der Waals surface area (Å²) in [6.07, 6.45) is 6.86. The van der Waals surface area contributed by atoms with Crippen LogP contribution in [0, 0.1) is 22.0 Å². The third kappa shape index (κ3) is 3.84. The molecule has 2 fully saturated rings. The lowest BCUT2D eigenvalue weighted by molar-refractivity contribution is -0.384. The van der Waals surface area contributed by atoms with Gasteiger partial charge in [-0.25, -0.2) is 4.90 Å². The number of carbonyl (C=O) groups is 3. The molecule has 0 aliphatic carbocycles. The van der Waals surface area contributed by atoms with Gasteiger partial charge in [-0.05, 0) is 36.8 Å². The fourth-order valence-corrected chi connectivity index (χ4v) is 5.06. The third-order valence-electron chi connectivity index (χ3n) is 6.76. The number of carbonyl (C=O) groups excluding carboxylic acids is 3. The van der Waals surface area contributed by atoms with Crippen LogP contribution < -0.4 is 9.64 Å². The molecule has 0 saturated carbocycles. The van der Waals surface area contributed by atoms with E-state index >= 15 is 0 Å². The average Bonchev–Trinajstić information content (AvgIpc) is 3.36. The number of fused-ring (bicyclic) bond motifs is 3. The molecule has 10 heteroatoms. The number of non-ortho nitro benzene ring substituents is 1. The van der Waals surface area contributed by atoms with Gasteiger partial charge in [0.2, 0.25) is 11.8 Å².